The molecule has 12 heteroatoms. The second kappa shape index (κ2) is 11.2. The van der Waals surface area contributed by atoms with Crippen molar-refractivity contribution in [2.45, 2.75) is 75.8 Å². The van der Waals surface area contributed by atoms with Crippen molar-refractivity contribution in [3.63, 3.8) is 0 Å². The molecule has 3 aromatic rings. The molecule has 208 valence electrons. The molecule has 3 heterocycles. The first-order valence-corrected chi connectivity index (χ1v) is 13.8. The van der Waals surface area contributed by atoms with Gasteiger partial charge in [-0.1, -0.05) is 6.07 Å². The fourth-order valence-corrected chi connectivity index (χ4v) is 6.13. The van der Waals surface area contributed by atoms with Crippen LogP contribution in [0.25, 0.3) is 10.4 Å². The van der Waals surface area contributed by atoms with Crippen LogP contribution >= 0.6 is 11.3 Å². The molecule has 2 aromatic heterocycles. The number of alkyl halides is 3. The van der Waals surface area contributed by atoms with E-state index in [1.807, 2.05) is 13.0 Å². The molecule has 0 bridgehead atoms. The van der Waals surface area contributed by atoms with Gasteiger partial charge in [-0.25, -0.2) is 15.0 Å². The highest BCUT2D eigenvalue weighted by Gasteiger charge is 2.38. The minimum Gasteiger partial charge on any atom is -0.383 e. The largest absolute Gasteiger partial charge is 0.433 e. The number of aromatic nitrogens is 3. The fourth-order valence-electron chi connectivity index (χ4n) is 5.08. The summed E-state index contributed by atoms with van der Waals surface area (Å²) in [7, 11) is 0. The molecule has 3 N–H and O–H groups in total. The Morgan fingerprint density at radius 2 is 2.00 bits per heavy atom. The number of nitrogens with zero attached hydrogens (tertiary/aromatic N) is 3. The fraction of sp³-hybridized carbons (Fsp3) is 0.481. The van der Waals surface area contributed by atoms with Crippen molar-refractivity contribution in [2.75, 3.05) is 11.9 Å². The van der Waals surface area contributed by atoms with Crippen molar-refractivity contribution in [2.24, 2.45) is 0 Å². The minimum atomic E-state index is -4.56. The molecule has 2 fully saturated rings. The molecule has 1 unspecified atom stereocenters. The Kier molecular flexibility index (Phi) is 7.88. The van der Waals surface area contributed by atoms with Crippen LogP contribution in [-0.4, -0.2) is 44.7 Å². The summed E-state index contributed by atoms with van der Waals surface area (Å²) in [4.78, 5) is 25.2. The number of rotatable bonds is 7. The average molecular weight is 562 g/mol. The summed E-state index contributed by atoms with van der Waals surface area (Å²) in [5, 5.41) is 17.9. The number of hydrogen-bond donors (Lipinski definition) is 3. The Morgan fingerprint density at radius 3 is 2.72 bits per heavy atom. The highest BCUT2D eigenvalue weighted by atomic mass is 32.1. The van der Waals surface area contributed by atoms with E-state index < -0.39 is 17.5 Å². The maximum atomic E-state index is 13.0. The Labute approximate surface area is 228 Å². The smallest absolute Gasteiger partial charge is 0.383 e. The minimum absolute atomic E-state index is 0.00623. The third kappa shape index (κ3) is 6.74. The SMILES string of the molecule is Cc1cc(Nc2nccc(C(F)(F)F)n2)cc(-c2cnc(C3(O)CCC(NC(=O)CC4CCCO4)CC3)s2)c1. The van der Waals surface area contributed by atoms with E-state index in [0.717, 1.165) is 47.7 Å². The first-order valence-electron chi connectivity index (χ1n) is 13.0. The predicted octanol–water partition coefficient (Wildman–Crippen LogP) is 5.49. The molecule has 5 rings (SSSR count). The van der Waals surface area contributed by atoms with Crippen molar-refractivity contribution in [3.05, 3.63) is 52.9 Å². The van der Waals surface area contributed by atoms with Crippen LogP contribution in [0.15, 0.2) is 36.7 Å². The first kappa shape index (κ1) is 27.5. The zero-order chi connectivity index (χ0) is 27.6. The average Bonchev–Trinajstić information content (AvgIpc) is 3.58. The quantitative estimate of drug-likeness (QED) is 0.350. The maximum absolute atomic E-state index is 13.0. The molecule has 1 aromatic carbocycles. The number of carbonyl (C=O) groups is 1. The number of nitrogens with one attached hydrogen (secondary N) is 2. The van der Waals surface area contributed by atoms with E-state index in [0.29, 0.717) is 42.8 Å². The van der Waals surface area contributed by atoms with E-state index in [2.05, 4.69) is 25.6 Å². The van der Waals surface area contributed by atoms with Gasteiger partial charge < -0.3 is 20.5 Å². The van der Waals surface area contributed by atoms with Gasteiger partial charge in [0.25, 0.3) is 0 Å². The van der Waals surface area contributed by atoms with Crippen molar-refractivity contribution in [1.29, 1.82) is 0 Å². The molecule has 1 saturated carbocycles. The van der Waals surface area contributed by atoms with Gasteiger partial charge in [0.15, 0.2) is 0 Å². The van der Waals surface area contributed by atoms with Gasteiger partial charge in [-0.2, -0.15) is 13.2 Å². The topological polar surface area (TPSA) is 109 Å². The molecule has 1 aliphatic carbocycles. The summed E-state index contributed by atoms with van der Waals surface area (Å²) >= 11 is 1.38. The monoisotopic (exact) mass is 561 g/mol. The normalized spacial score (nSPS) is 23.5. The zero-order valence-corrected chi connectivity index (χ0v) is 22.2. The van der Waals surface area contributed by atoms with E-state index >= 15 is 0 Å². The van der Waals surface area contributed by atoms with Gasteiger partial charge in [0, 0.05) is 30.7 Å². The lowest BCUT2D eigenvalue weighted by Gasteiger charge is -2.35. The number of benzene rings is 1. The third-order valence-electron chi connectivity index (χ3n) is 7.08. The predicted molar refractivity (Wildman–Crippen MR) is 140 cm³/mol. The lowest BCUT2D eigenvalue weighted by Crippen LogP contribution is -2.42. The van der Waals surface area contributed by atoms with E-state index in [4.69, 9.17) is 4.74 Å². The Hall–Kier alpha value is -3.09. The number of anilines is 2. The summed E-state index contributed by atoms with van der Waals surface area (Å²) in [5.74, 6) is -0.159. The van der Waals surface area contributed by atoms with Crippen molar-refractivity contribution in [3.8, 4) is 10.4 Å². The van der Waals surface area contributed by atoms with Crippen LogP contribution in [-0.2, 0) is 21.3 Å². The molecular formula is C27H30F3N5O3S. The van der Waals surface area contributed by atoms with Crippen LogP contribution in [0, 0.1) is 6.92 Å². The van der Waals surface area contributed by atoms with Gasteiger partial charge in [0.2, 0.25) is 11.9 Å². The molecule has 0 spiro atoms. The summed E-state index contributed by atoms with van der Waals surface area (Å²) in [6, 6.07) is 6.36. The zero-order valence-electron chi connectivity index (χ0n) is 21.4. The van der Waals surface area contributed by atoms with Gasteiger partial charge in [-0.15, -0.1) is 11.3 Å². The molecule has 8 nitrogen and oxygen atoms in total. The highest BCUT2D eigenvalue weighted by molar-refractivity contribution is 7.15. The van der Waals surface area contributed by atoms with Gasteiger partial charge >= 0.3 is 6.18 Å². The lowest BCUT2D eigenvalue weighted by atomic mass is 9.82. The van der Waals surface area contributed by atoms with E-state index in [1.54, 1.807) is 18.3 Å². The Morgan fingerprint density at radius 1 is 1.21 bits per heavy atom. The van der Waals surface area contributed by atoms with Crippen LogP contribution in [0.2, 0.25) is 0 Å². The summed E-state index contributed by atoms with van der Waals surface area (Å²) < 4.78 is 44.6. The lowest BCUT2D eigenvalue weighted by molar-refractivity contribution is -0.141. The number of carbonyl (C=O) groups excluding carboxylic acids is 1. The van der Waals surface area contributed by atoms with Crippen molar-refractivity contribution >= 4 is 28.9 Å². The van der Waals surface area contributed by atoms with Gasteiger partial charge in [-0.05, 0) is 74.8 Å². The summed E-state index contributed by atoms with van der Waals surface area (Å²) in [5.41, 5.74) is 0.138. The highest BCUT2D eigenvalue weighted by Crippen LogP contribution is 2.41. The molecule has 2 aliphatic rings. The molecule has 1 amide bonds. The molecule has 39 heavy (non-hydrogen) atoms. The standard InChI is InChI=1S/C27H30F3N5O3S/c1-16-11-17(13-19(12-16)34-25-31-9-6-22(35-25)27(28,29)30)21-15-32-24(39-21)26(37)7-4-18(5-8-26)33-23(36)14-20-3-2-10-38-20/h6,9,11-13,15,18,20,37H,2-5,7-8,10,14H2,1H3,(H,33,36)(H,31,34,35). The first-order chi connectivity index (χ1) is 18.6. The number of amides is 1. The third-order valence-corrected chi connectivity index (χ3v) is 8.32. The van der Waals surface area contributed by atoms with Crippen LogP contribution in [0.5, 0.6) is 0 Å². The van der Waals surface area contributed by atoms with Crippen LogP contribution < -0.4 is 10.6 Å². The molecule has 0 radical (unpaired) electrons. The number of aliphatic hydroxyl groups is 1. The number of ether oxygens (including phenoxy) is 1. The van der Waals surface area contributed by atoms with Gasteiger partial charge in [-0.3, -0.25) is 4.79 Å². The van der Waals surface area contributed by atoms with Crippen LogP contribution in [0.4, 0.5) is 24.8 Å². The number of aryl methyl sites for hydroxylation is 1. The van der Waals surface area contributed by atoms with Crippen molar-refractivity contribution < 1.29 is 27.8 Å². The number of halogens is 3. The molecule has 1 atom stereocenters. The van der Waals surface area contributed by atoms with E-state index in [9.17, 15) is 23.1 Å². The molecular weight excluding hydrogens is 531 g/mol. The summed E-state index contributed by atoms with van der Waals surface area (Å²) in [6.07, 6.45) is 2.77. The van der Waals surface area contributed by atoms with E-state index in [1.165, 1.54) is 11.3 Å². The van der Waals surface area contributed by atoms with Crippen molar-refractivity contribution in [1.82, 2.24) is 20.3 Å². The van der Waals surface area contributed by atoms with Gasteiger partial charge in [0.1, 0.15) is 16.3 Å². The summed E-state index contributed by atoms with van der Waals surface area (Å²) in [6.45, 7) is 2.60. The van der Waals surface area contributed by atoms with E-state index in [-0.39, 0.29) is 24.0 Å². The Balaban J connectivity index is 1.23. The Bertz CT molecular complexity index is 1320. The number of thiazole rings is 1. The second-order valence-electron chi connectivity index (χ2n) is 10.2. The maximum Gasteiger partial charge on any atom is 0.433 e. The second-order valence-corrected chi connectivity index (χ2v) is 11.2. The van der Waals surface area contributed by atoms with Gasteiger partial charge in [0.05, 0.1) is 17.4 Å². The van der Waals surface area contributed by atoms with Crippen LogP contribution in [0.1, 0.15) is 61.2 Å². The molecule has 1 aliphatic heterocycles. The number of hydrogen-bond acceptors (Lipinski definition) is 8. The van der Waals surface area contributed by atoms with Crippen LogP contribution in [0.3, 0.4) is 0 Å². The molecule has 1 saturated heterocycles.